The van der Waals surface area contributed by atoms with Crippen molar-refractivity contribution in [2.75, 3.05) is 6.54 Å². The maximum atomic E-state index is 12.7. The number of aryl methyl sites for hydroxylation is 1. The van der Waals surface area contributed by atoms with Gasteiger partial charge in [0.2, 0.25) is 0 Å². The lowest BCUT2D eigenvalue weighted by atomic mass is 10.1. The van der Waals surface area contributed by atoms with Crippen LogP contribution in [0.1, 0.15) is 26.5 Å². The van der Waals surface area contributed by atoms with E-state index in [1.165, 1.54) is 9.47 Å². The summed E-state index contributed by atoms with van der Waals surface area (Å²) in [7, 11) is 0. The molecule has 2 aromatic carbocycles. The van der Waals surface area contributed by atoms with Gasteiger partial charge in [-0.25, -0.2) is 4.98 Å². The van der Waals surface area contributed by atoms with Gasteiger partial charge < -0.3 is 0 Å². The summed E-state index contributed by atoms with van der Waals surface area (Å²) in [5.41, 5.74) is 1.29. The minimum atomic E-state index is -0.319. The number of hydrogen-bond acceptors (Lipinski definition) is 4. The zero-order chi connectivity index (χ0) is 17.6. The number of rotatable bonds is 3. The van der Waals surface area contributed by atoms with Gasteiger partial charge in [-0.1, -0.05) is 24.3 Å². The van der Waals surface area contributed by atoms with Crippen molar-refractivity contribution < 1.29 is 9.59 Å². The minimum Gasteiger partial charge on any atom is -0.295 e. The van der Waals surface area contributed by atoms with Crippen LogP contribution in [-0.4, -0.2) is 32.8 Å². The van der Waals surface area contributed by atoms with Crippen LogP contribution in [0.25, 0.3) is 10.9 Å². The molecule has 4 rings (SSSR count). The molecular weight excluding hydrogens is 318 g/mol. The summed E-state index contributed by atoms with van der Waals surface area (Å²) in [5, 5.41) is 0.524. The summed E-state index contributed by atoms with van der Waals surface area (Å²) < 4.78 is 1.51. The lowest BCUT2D eigenvalue weighted by molar-refractivity contribution is 0.0648. The fourth-order valence-corrected chi connectivity index (χ4v) is 3.18. The molecule has 6 heteroatoms. The van der Waals surface area contributed by atoms with Crippen LogP contribution in [0.5, 0.6) is 0 Å². The monoisotopic (exact) mass is 333 g/mol. The smallest absolute Gasteiger partial charge is 0.261 e. The molecule has 1 aliphatic heterocycles. The Balaban J connectivity index is 1.65. The third-order valence-electron chi connectivity index (χ3n) is 4.48. The first-order valence-electron chi connectivity index (χ1n) is 7.99. The first-order valence-corrected chi connectivity index (χ1v) is 7.99. The lowest BCUT2D eigenvalue weighted by Gasteiger charge is -2.16. The van der Waals surface area contributed by atoms with Crippen molar-refractivity contribution in [2.45, 2.75) is 13.5 Å². The predicted molar refractivity (Wildman–Crippen MR) is 92.5 cm³/mol. The van der Waals surface area contributed by atoms with E-state index in [-0.39, 0.29) is 30.5 Å². The average molecular weight is 333 g/mol. The van der Waals surface area contributed by atoms with Gasteiger partial charge in [0.1, 0.15) is 5.82 Å². The van der Waals surface area contributed by atoms with Crippen LogP contribution in [0.2, 0.25) is 0 Å². The minimum absolute atomic E-state index is 0.132. The van der Waals surface area contributed by atoms with E-state index in [4.69, 9.17) is 0 Å². The molecule has 0 radical (unpaired) electrons. The third kappa shape index (κ3) is 2.34. The molecule has 0 spiro atoms. The van der Waals surface area contributed by atoms with Crippen LogP contribution in [0.3, 0.4) is 0 Å². The topological polar surface area (TPSA) is 72.3 Å². The summed E-state index contributed by atoms with van der Waals surface area (Å²) >= 11 is 0. The zero-order valence-corrected chi connectivity index (χ0v) is 13.6. The molecule has 0 bridgehead atoms. The molecule has 0 unspecified atom stereocenters. The number of carbonyl (C=O) groups is 2. The van der Waals surface area contributed by atoms with E-state index < -0.39 is 0 Å². The highest BCUT2D eigenvalue weighted by Gasteiger charge is 2.34. The first kappa shape index (κ1) is 15.3. The number of para-hydroxylation sites is 1. The molecule has 3 aromatic rings. The number of benzene rings is 2. The largest absolute Gasteiger partial charge is 0.295 e. The Morgan fingerprint density at radius 3 is 2.12 bits per heavy atom. The van der Waals surface area contributed by atoms with Crippen LogP contribution in [0.4, 0.5) is 0 Å². The molecule has 1 aliphatic rings. The van der Waals surface area contributed by atoms with E-state index in [1.54, 1.807) is 49.4 Å². The summed E-state index contributed by atoms with van der Waals surface area (Å²) in [4.78, 5) is 43.1. The third-order valence-corrected chi connectivity index (χ3v) is 4.48. The number of fused-ring (bicyclic) bond motifs is 2. The summed E-state index contributed by atoms with van der Waals surface area (Å²) in [5.74, 6) is -0.0830. The SMILES string of the molecule is Cc1nc2ccccc2c(=O)n1CCN1C(=O)c2ccccc2C1=O. The lowest BCUT2D eigenvalue weighted by Crippen LogP contribution is -2.36. The highest BCUT2D eigenvalue weighted by molar-refractivity contribution is 6.21. The highest BCUT2D eigenvalue weighted by Crippen LogP contribution is 2.22. The number of hydrogen-bond donors (Lipinski definition) is 0. The quantitative estimate of drug-likeness (QED) is 0.687. The molecule has 25 heavy (non-hydrogen) atoms. The zero-order valence-electron chi connectivity index (χ0n) is 13.6. The van der Waals surface area contributed by atoms with Gasteiger partial charge in [0.05, 0.1) is 22.0 Å². The Bertz CT molecular complexity index is 1050. The Hall–Kier alpha value is -3.28. The fraction of sp³-hybridized carbons (Fsp3) is 0.158. The fourth-order valence-electron chi connectivity index (χ4n) is 3.18. The molecule has 0 N–H and O–H groups in total. The molecule has 0 atom stereocenters. The Morgan fingerprint density at radius 1 is 0.840 bits per heavy atom. The van der Waals surface area contributed by atoms with Crippen molar-refractivity contribution in [1.82, 2.24) is 14.5 Å². The van der Waals surface area contributed by atoms with Gasteiger partial charge >= 0.3 is 0 Å². The van der Waals surface area contributed by atoms with Gasteiger partial charge in [0.25, 0.3) is 17.4 Å². The van der Waals surface area contributed by atoms with E-state index in [9.17, 15) is 14.4 Å². The van der Waals surface area contributed by atoms with Crippen molar-refractivity contribution in [3.05, 3.63) is 75.8 Å². The van der Waals surface area contributed by atoms with Gasteiger partial charge in [-0.3, -0.25) is 23.9 Å². The van der Waals surface area contributed by atoms with Gasteiger partial charge in [0, 0.05) is 13.1 Å². The van der Waals surface area contributed by atoms with Crippen LogP contribution in [-0.2, 0) is 6.54 Å². The second kappa shape index (κ2) is 5.66. The summed E-state index contributed by atoms with van der Waals surface area (Å²) in [6.07, 6.45) is 0. The van der Waals surface area contributed by atoms with E-state index >= 15 is 0 Å². The van der Waals surface area contributed by atoms with E-state index in [1.807, 2.05) is 6.07 Å². The molecule has 0 fully saturated rings. The number of nitrogens with zero attached hydrogens (tertiary/aromatic N) is 3. The highest BCUT2D eigenvalue weighted by atomic mass is 16.2. The molecule has 0 saturated carbocycles. The van der Waals surface area contributed by atoms with Crippen molar-refractivity contribution in [3.8, 4) is 0 Å². The van der Waals surface area contributed by atoms with Gasteiger partial charge in [0.15, 0.2) is 0 Å². The average Bonchev–Trinajstić information content (AvgIpc) is 2.86. The molecule has 1 aromatic heterocycles. The Morgan fingerprint density at radius 2 is 1.44 bits per heavy atom. The Kier molecular flexibility index (Phi) is 3.46. The van der Waals surface area contributed by atoms with Crippen molar-refractivity contribution in [3.63, 3.8) is 0 Å². The molecular formula is C19H15N3O3. The number of imide groups is 1. The normalized spacial score (nSPS) is 13.6. The summed E-state index contributed by atoms with van der Waals surface area (Å²) in [6.45, 7) is 2.09. The first-order chi connectivity index (χ1) is 12.1. The molecule has 0 aliphatic carbocycles. The van der Waals surface area contributed by atoms with Crippen LogP contribution < -0.4 is 5.56 Å². The van der Waals surface area contributed by atoms with Crippen molar-refractivity contribution >= 4 is 22.7 Å². The molecule has 2 amide bonds. The van der Waals surface area contributed by atoms with E-state index in [0.717, 1.165) is 0 Å². The molecule has 6 nitrogen and oxygen atoms in total. The number of aromatic nitrogens is 2. The summed E-state index contributed by atoms with van der Waals surface area (Å²) in [6, 6.07) is 13.9. The predicted octanol–water partition coefficient (Wildman–Crippen LogP) is 2.00. The standard InChI is InChI=1S/C19H15N3O3/c1-12-20-16-9-5-4-8-15(16)19(25)21(12)10-11-22-17(23)13-6-2-3-7-14(13)18(22)24/h2-9H,10-11H2,1H3. The maximum Gasteiger partial charge on any atom is 0.261 e. The van der Waals surface area contributed by atoms with Gasteiger partial charge in [-0.2, -0.15) is 0 Å². The van der Waals surface area contributed by atoms with Crippen LogP contribution >= 0.6 is 0 Å². The van der Waals surface area contributed by atoms with Gasteiger partial charge in [-0.05, 0) is 31.2 Å². The maximum absolute atomic E-state index is 12.7. The van der Waals surface area contributed by atoms with Crippen molar-refractivity contribution in [1.29, 1.82) is 0 Å². The Labute approximate surface area is 143 Å². The van der Waals surface area contributed by atoms with E-state index in [0.29, 0.717) is 27.9 Å². The van der Waals surface area contributed by atoms with Crippen LogP contribution in [0.15, 0.2) is 53.3 Å². The molecule has 2 heterocycles. The molecule has 0 saturated heterocycles. The second-order valence-corrected chi connectivity index (χ2v) is 5.94. The van der Waals surface area contributed by atoms with Crippen molar-refractivity contribution in [2.24, 2.45) is 0 Å². The number of amides is 2. The van der Waals surface area contributed by atoms with Crippen LogP contribution in [0, 0.1) is 6.92 Å². The van der Waals surface area contributed by atoms with E-state index in [2.05, 4.69) is 4.98 Å². The molecule has 124 valence electrons. The second-order valence-electron chi connectivity index (χ2n) is 5.94. The number of carbonyl (C=O) groups excluding carboxylic acids is 2. The van der Waals surface area contributed by atoms with Gasteiger partial charge in [-0.15, -0.1) is 0 Å².